The molecule has 5 nitrogen and oxygen atoms in total. The van der Waals surface area contributed by atoms with E-state index in [-0.39, 0.29) is 6.10 Å². The van der Waals surface area contributed by atoms with Crippen molar-refractivity contribution in [3.05, 3.63) is 18.1 Å². The number of aliphatic hydroxyl groups excluding tert-OH is 1. The summed E-state index contributed by atoms with van der Waals surface area (Å²) in [5, 5.41) is 9.80. The van der Waals surface area contributed by atoms with Gasteiger partial charge < -0.3 is 15.7 Å². The smallest absolute Gasteiger partial charge is 0.147 e. The third-order valence-corrected chi connectivity index (χ3v) is 3.14. The lowest BCUT2D eigenvalue weighted by atomic mass is 9.96. The van der Waals surface area contributed by atoms with E-state index in [0.717, 1.165) is 24.5 Å². The number of piperidine rings is 1. The van der Waals surface area contributed by atoms with Gasteiger partial charge in [0.1, 0.15) is 5.82 Å². The predicted molar refractivity (Wildman–Crippen MR) is 61.9 cm³/mol. The zero-order chi connectivity index (χ0) is 11.5. The molecule has 1 fully saturated rings. The van der Waals surface area contributed by atoms with E-state index in [1.165, 1.54) is 0 Å². The van der Waals surface area contributed by atoms with Gasteiger partial charge in [-0.3, -0.25) is 4.98 Å². The fourth-order valence-electron chi connectivity index (χ4n) is 1.87. The predicted octanol–water partition coefficient (Wildman–Crippen LogP) is 0.142. The van der Waals surface area contributed by atoms with Gasteiger partial charge in [-0.15, -0.1) is 0 Å². The SMILES string of the molecule is CC1CCN(c2cnc(CN)cn2)CC1O. The van der Waals surface area contributed by atoms with Gasteiger partial charge in [0.15, 0.2) is 0 Å². The van der Waals surface area contributed by atoms with Crippen LogP contribution in [0.15, 0.2) is 12.4 Å². The van der Waals surface area contributed by atoms with Gasteiger partial charge >= 0.3 is 0 Å². The van der Waals surface area contributed by atoms with Crippen molar-refractivity contribution in [2.75, 3.05) is 18.0 Å². The number of hydrogen-bond acceptors (Lipinski definition) is 5. The van der Waals surface area contributed by atoms with Gasteiger partial charge in [0.25, 0.3) is 0 Å². The quantitative estimate of drug-likeness (QED) is 0.744. The molecule has 0 radical (unpaired) electrons. The maximum Gasteiger partial charge on any atom is 0.147 e. The highest BCUT2D eigenvalue weighted by atomic mass is 16.3. The Bertz CT molecular complexity index is 340. The van der Waals surface area contributed by atoms with Crippen LogP contribution in [0.4, 0.5) is 5.82 Å². The van der Waals surface area contributed by atoms with E-state index < -0.39 is 0 Å². The molecule has 2 unspecified atom stereocenters. The second-order valence-corrected chi connectivity index (χ2v) is 4.35. The maximum atomic E-state index is 9.80. The Balaban J connectivity index is 2.06. The maximum absolute atomic E-state index is 9.80. The van der Waals surface area contributed by atoms with Crippen molar-refractivity contribution in [3.63, 3.8) is 0 Å². The van der Waals surface area contributed by atoms with Crippen LogP contribution in [-0.2, 0) is 6.54 Å². The van der Waals surface area contributed by atoms with Gasteiger partial charge in [0, 0.05) is 19.6 Å². The van der Waals surface area contributed by atoms with E-state index in [4.69, 9.17) is 5.73 Å². The second kappa shape index (κ2) is 4.76. The monoisotopic (exact) mass is 222 g/mol. The van der Waals surface area contributed by atoms with E-state index in [9.17, 15) is 5.11 Å². The van der Waals surface area contributed by atoms with Crippen molar-refractivity contribution in [3.8, 4) is 0 Å². The zero-order valence-electron chi connectivity index (χ0n) is 9.50. The topological polar surface area (TPSA) is 75.3 Å². The molecule has 0 aliphatic carbocycles. The molecule has 2 heterocycles. The second-order valence-electron chi connectivity index (χ2n) is 4.35. The molecule has 16 heavy (non-hydrogen) atoms. The van der Waals surface area contributed by atoms with Crippen LogP contribution in [0, 0.1) is 5.92 Å². The summed E-state index contributed by atoms with van der Waals surface area (Å²) in [6.07, 6.45) is 4.14. The van der Waals surface area contributed by atoms with Crippen molar-refractivity contribution in [2.45, 2.75) is 26.0 Å². The Labute approximate surface area is 95.3 Å². The molecule has 1 aliphatic rings. The largest absolute Gasteiger partial charge is 0.391 e. The first-order chi connectivity index (χ1) is 7.70. The van der Waals surface area contributed by atoms with Crippen LogP contribution in [0.2, 0.25) is 0 Å². The number of aromatic nitrogens is 2. The molecule has 3 N–H and O–H groups in total. The summed E-state index contributed by atoms with van der Waals surface area (Å²) >= 11 is 0. The Hall–Kier alpha value is -1.20. The minimum Gasteiger partial charge on any atom is -0.391 e. The van der Waals surface area contributed by atoms with Crippen LogP contribution in [-0.4, -0.2) is 34.3 Å². The summed E-state index contributed by atoms with van der Waals surface area (Å²) in [5.74, 6) is 1.19. The number of aliphatic hydroxyl groups is 1. The molecule has 0 bridgehead atoms. The van der Waals surface area contributed by atoms with E-state index in [1.807, 2.05) is 0 Å². The Morgan fingerprint density at radius 2 is 2.31 bits per heavy atom. The molecule has 2 rings (SSSR count). The van der Waals surface area contributed by atoms with Crippen LogP contribution in [0.3, 0.4) is 0 Å². The first kappa shape index (κ1) is 11.3. The Kier molecular flexibility index (Phi) is 3.36. The summed E-state index contributed by atoms with van der Waals surface area (Å²) in [6.45, 7) is 4.05. The van der Waals surface area contributed by atoms with E-state index in [2.05, 4.69) is 21.8 Å². The van der Waals surface area contributed by atoms with Gasteiger partial charge in [0.05, 0.1) is 24.2 Å². The van der Waals surface area contributed by atoms with Gasteiger partial charge in [-0.1, -0.05) is 6.92 Å². The summed E-state index contributed by atoms with van der Waals surface area (Å²) in [5.41, 5.74) is 6.25. The number of β-amino-alcohol motifs (C(OH)–C–C–N with tert-alkyl or cyclic N) is 1. The molecule has 0 aromatic carbocycles. The lowest BCUT2D eigenvalue weighted by molar-refractivity contribution is 0.102. The fourth-order valence-corrected chi connectivity index (χ4v) is 1.87. The highest BCUT2D eigenvalue weighted by molar-refractivity contribution is 5.36. The normalized spacial score (nSPS) is 25.8. The average Bonchev–Trinajstić information content (AvgIpc) is 2.33. The minimum atomic E-state index is -0.273. The molecule has 0 saturated carbocycles. The van der Waals surface area contributed by atoms with Crippen molar-refractivity contribution >= 4 is 5.82 Å². The lowest BCUT2D eigenvalue weighted by Crippen LogP contribution is -2.43. The van der Waals surface area contributed by atoms with Crippen molar-refractivity contribution in [1.82, 2.24) is 9.97 Å². The lowest BCUT2D eigenvalue weighted by Gasteiger charge is -2.34. The van der Waals surface area contributed by atoms with Crippen LogP contribution in [0.5, 0.6) is 0 Å². The molecule has 1 aliphatic heterocycles. The summed E-state index contributed by atoms with van der Waals surface area (Å²) in [6, 6.07) is 0. The standard InChI is InChI=1S/C11H18N4O/c1-8-2-3-15(7-10(8)16)11-6-13-9(4-12)5-14-11/h5-6,8,10,16H,2-4,7,12H2,1H3. The zero-order valence-corrected chi connectivity index (χ0v) is 9.50. The van der Waals surface area contributed by atoms with Crippen molar-refractivity contribution < 1.29 is 5.11 Å². The van der Waals surface area contributed by atoms with Gasteiger partial charge in [0.2, 0.25) is 0 Å². The average molecular weight is 222 g/mol. The Morgan fingerprint density at radius 1 is 1.50 bits per heavy atom. The third kappa shape index (κ3) is 2.31. The van der Waals surface area contributed by atoms with Crippen LogP contribution in [0.1, 0.15) is 19.0 Å². The molecule has 2 atom stereocenters. The van der Waals surface area contributed by atoms with E-state index in [1.54, 1.807) is 12.4 Å². The molecular formula is C11H18N4O. The highest BCUT2D eigenvalue weighted by Gasteiger charge is 2.24. The van der Waals surface area contributed by atoms with Crippen LogP contribution >= 0.6 is 0 Å². The minimum absolute atomic E-state index is 0.273. The number of nitrogens with zero attached hydrogens (tertiary/aromatic N) is 3. The molecular weight excluding hydrogens is 204 g/mol. The first-order valence-electron chi connectivity index (χ1n) is 5.64. The van der Waals surface area contributed by atoms with E-state index in [0.29, 0.717) is 19.0 Å². The molecule has 0 amide bonds. The molecule has 1 aromatic heterocycles. The van der Waals surface area contributed by atoms with Crippen LogP contribution in [0.25, 0.3) is 0 Å². The Morgan fingerprint density at radius 3 is 2.88 bits per heavy atom. The van der Waals surface area contributed by atoms with Gasteiger partial charge in [-0.2, -0.15) is 0 Å². The number of nitrogens with two attached hydrogens (primary N) is 1. The van der Waals surface area contributed by atoms with Crippen molar-refractivity contribution in [1.29, 1.82) is 0 Å². The fraction of sp³-hybridized carbons (Fsp3) is 0.636. The third-order valence-electron chi connectivity index (χ3n) is 3.14. The molecule has 1 saturated heterocycles. The summed E-state index contributed by atoms with van der Waals surface area (Å²) < 4.78 is 0. The molecule has 5 heteroatoms. The first-order valence-corrected chi connectivity index (χ1v) is 5.64. The number of rotatable bonds is 2. The summed E-state index contributed by atoms with van der Waals surface area (Å²) in [7, 11) is 0. The van der Waals surface area contributed by atoms with Crippen molar-refractivity contribution in [2.24, 2.45) is 11.7 Å². The highest BCUT2D eigenvalue weighted by Crippen LogP contribution is 2.20. The van der Waals surface area contributed by atoms with E-state index >= 15 is 0 Å². The number of hydrogen-bond donors (Lipinski definition) is 2. The summed E-state index contributed by atoms with van der Waals surface area (Å²) in [4.78, 5) is 10.6. The molecule has 1 aromatic rings. The number of anilines is 1. The van der Waals surface area contributed by atoms with Gasteiger partial charge in [-0.05, 0) is 12.3 Å². The van der Waals surface area contributed by atoms with Crippen LogP contribution < -0.4 is 10.6 Å². The molecule has 88 valence electrons. The molecule has 0 spiro atoms. The van der Waals surface area contributed by atoms with Gasteiger partial charge in [-0.25, -0.2) is 4.98 Å².